The Kier molecular flexibility index (Phi) is 8.43. The highest BCUT2D eigenvalue weighted by molar-refractivity contribution is 5.84. The van der Waals surface area contributed by atoms with Crippen molar-refractivity contribution in [3.8, 4) is 0 Å². The molecule has 1 unspecified atom stereocenters. The third-order valence-corrected chi connectivity index (χ3v) is 5.62. The van der Waals surface area contributed by atoms with Gasteiger partial charge in [0.15, 0.2) is 11.8 Å². The van der Waals surface area contributed by atoms with Crippen molar-refractivity contribution in [2.24, 2.45) is 17.5 Å². The Morgan fingerprint density at radius 2 is 2.00 bits per heavy atom. The average molecular weight is 407 g/mol. The number of hydrogen-bond donors (Lipinski definition) is 3. The van der Waals surface area contributed by atoms with Crippen molar-refractivity contribution in [1.29, 1.82) is 0 Å². The molecule has 0 spiro atoms. The first kappa shape index (κ1) is 23.1. The average Bonchev–Trinajstić information content (AvgIpc) is 3.28. The molecule has 2 rings (SSSR count). The van der Waals surface area contributed by atoms with Gasteiger partial charge in [-0.05, 0) is 53.6 Å². The highest BCUT2D eigenvalue weighted by atomic mass is 16.2. The molecule has 1 aromatic rings. The molecule has 1 aliphatic heterocycles. The summed E-state index contributed by atoms with van der Waals surface area (Å²) in [6.07, 6.45) is 2.43. The Bertz CT molecular complexity index is 697. The number of likely N-dealkylation sites (tertiary alicyclic amines) is 1. The lowest BCUT2D eigenvalue weighted by molar-refractivity contribution is -0.128. The summed E-state index contributed by atoms with van der Waals surface area (Å²) in [4.78, 5) is 19.5. The van der Waals surface area contributed by atoms with Gasteiger partial charge in [-0.15, -0.1) is 10.2 Å². The molecule has 9 nitrogen and oxygen atoms in total. The summed E-state index contributed by atoms with van der Waals surface area (Å²) >= 11 is 0. The molecule has 2 heterocycles. The van der Waals surface area contributed by atoms with E-state index in [1.54, 1.807) is 0 Å². The summed E-state index contributed by atoms with van der Waals surface area (Å²) in [7, 11) is 1.94. The lowest BCUT2D eigenvalue weighted by Gasteiger charge is -2.27. The van der Waals surface area contributed by atoms with Crippen LogP contribution in [0.2, 0.25) is 0 Å². The first-order valence-corrected chi connectivity index (χ1v) is 10.7. The zero-order chi connectivity index (χ0) is 21.4. The van der Waals surface area contributed by atoms with Gasteiger partial charge in [0.2, 0.25) is 5.91 Å². The number of aromatic nitrogens is 3. The highest BCUT2D eigenvalue weighted by Gasteiger charge is 2.28. The Balaban J connectivity index is 2.04. The quantitative estimate of drug-likeness (QED) is 0.414. The van der Waals surface area contributed by atoms with E-state index in [-0.39, 0.29) is 5.91 Å². The third kappa shape index (κ3) is 6.42. The second-order valence-corrected chi connectivity index (χ2v) is 8.29. The SMILES string of the molecule is CCNC(=O)C(C)(C)CNC(=NCc1nnc(C)n1C)NCC1CCCN1CC. The molecule has 29 heavy (non-hydrogen) atoms. The van der Waals surface area contributed by atoms with Gasteiger partial charge in [-0.25, -0.2) is 4.99 Å². The van der Waals surface area contributed by atoms with E-state index in [9.17, 15) is 4.79 Å². The third-order valence-electron chi connectivity index (χ3n) is 5.62. The number of carbonyl (C=O) groups excluding carboxylic acids is 1. The van der Waals surface area contributed by atoms with E-state index in [4.69, 9.17) is 4.99 Å². The maximum atomic E-state index is 12.3. The fourth-order valence-electron chi connectivity index (χ4n) is 3.45. The van der Waals surface area contributed by atoms with Gasteiger partial charge in [0.1, 0.15) is 12.4 Å². The lowest BCUT2D eigenvalue weighted by Crippen LogP contribution is -2.50. The van der Waals surface area contributed by atoms with Crippen molar-refractivity contribution in [2.75, 3.05) is 32.7 Å². The molecule has 0 bridgehead atoms. The number of nitrogens with one attached hydrogen (secondary N) is 3. The van der Waals surface area contributed by atoms with E-state index < -0.39 is 5.41 Å². The molecule has 3 N–H and O–H groups in total. The maximum Gasteiger partial charge on any atom is 0.227 e. The van der Waals surface area contributed by atoms with Crippen molar-refractivity contribution in [3.05, 3.63) is 11.6 Å². The largest absolute Gasteiger partial charge is 0.356 e. The van der Waals surface area contributed by atoms with E-state index in [1.807, 2.05) is 39.3 Å². The van der Waals surface area contributed by atoms with Crippen molar-refractivity contribution >= 4 is 11.9 Å². The monoisotopic (exact) mass is 406 g/mol. The Hall–Kier alpha value is -2.16. The normalized spacial score (nSPS) is 18.1. The molecule has 1 atom stereocenters. The van der Waals surface area contributed by atoms with Crippen LogP contribution >= 0.6 is 0 Å². The van der Waals surface area contributed by atoms with Crippen LogP contribution in [-0.4, -0.2) is 70.3 Å². The number of likely N-dealkylation sites (N-methyl/N-ethyl adjacent to an activating group) is 1. The molecule has 1 saturated heterocycles. The standard InChI is InChI=1S/C20H38N8O/c1-7-21-18(29)20(4,5)14-24-19(22-12-16-10-9-11-28(16)8-2)23-13-17-26-25-15(3)27(17)6/h16H,7-14H2,1-6H3,(H,21,29)(H2,22,23,24). The molecule has 0 aromatic carbocycles. The van der Waals surface area contributed by atoms with Gasteiger partial charge in [-0.2, -0.15) is 0 Å². The lowest BCUT2D eigenvalue weighted by atomic mass is 9.92. The molecule has 1 aromatic heterocycles. The molecule has 1 amide bonds. The van der Waals surface area contributed by atoms with Crippen LogP contribution in [0.15, 0.2) is 4.99 Å². The second-order valence-electron chi connectivity index (χ2n) is 8.29. The van der Waals surface area contributed by atoms with Gasteiger partial charge in [-0.1, -0.05) is 6.92 Å². The van der Waals surface area contributed by atoms with Gasteiger partial charge < -0.3 is 20.5 Å². The predicted octanol–water partition coefficient (Wildman–Crippen LogP) is 0.805. The zero-order valence-electron chi connectivity index (χ0n) is 18.9. The van der Waals surface area contributed by atoms with Crippen molar-refractivity contribution in [1.82, 2.24) is 35.6 Å². The van der Waals surface area contributed by atoms with Crippen LogP contribution in [-0.2, 0) is 18.4 Å². The molecule has 0 saturated carbocycles. The van der Waals surface area contributed by atoms with Crippen LogP contribution in [0.5, 0.6) is 0 Å². The van der Waals surface area contributed by atoms with Crippen LogP contribution in [0.1, 0.15) is 52.2 Å². The molecule has 1 aliphatic rings. The van der Waals surface area contributed by atoms with Crippen molar-refractivity contribution < 1.29 is 4.79 Å². The Morgan fingerprint density at radius 1 is 1.24 bits per heavy atom. The summed E-state index contributed by atoms with van der Waals surface area (Å²) in [6.45, 7) is 14.5. The van der Waals surface area contributed by atoms with Gasteiger partial charge in [0, 0.05) is 32.7 Å². The van der Waals surface area contributed by atoms with Crippen molar-refractivity contribution in [2.45, 2.75) is 60.0 Å². The summed E-state index contributed by atoms with van der Waals surface area (Å²) in [6, 6.07) is 0.514. The van der Waals surface area contributed by atoms with Crippen LogP contribution in [0.3, 0.4) is 0 Å². The van der Waals surface area contributed by atoms with Gasteiger partial charge in [0.05, 0.1) is 5.41 Å². The highest BCUT2D eigenvalue weighted by Crippen LogP contribution is 2.16. The number of hydrogen-bond acceptors (Lipinski definition) is 5. The minimum Gasteiger partial charge on any atom is -0.356 e. The first-order chi connectivity index (χ1) is 13.8. The van der Waals surface area contributed by atoms with Crippen LogP contribution in [0.4, 0.5) is 0 Å². The van der Waals surface area contributed by atoms with Crippen LogP contribution < -0.4 is 16.0 Å². The minimum absolute atomic E-state index is 0.0312. The predicted molar refractivity (Wildman–Crippen MR) is 116 cm³/mol. The number of rotatable bonds is 9. The number of amides is 1. The van der Waals surface area contributed by atoms with Gasteiger partial charge in [-0.3, -0.25) is 9.69 Å². The molecule has 1 fully saturated rings. The number of nitrogens with zero attached hydrogens (tertiary/aromatic N) is 5. The van der Waals surface area contributed by atoms with E-state index in [0.29, 0.717) is 31.6 Å². The molecular weight excluding hydrogens is 368 g/mol. The molecule has 9 heteroatoms. The zero-order valence-corrected chi connectivity index (χ0v) is 18.9. The fourth-order valence-corrected chi connectivity index (χ4v) is 3.45. The number of carbonyl (C=O) groups is 1. The maximum absolute atomic E-state index is 12.3. The number of guanidine groups is 1. The summed E-state index contributed by atoms with van der Waals surface area (Å²) in [5.41, 5.74) is -0.539. The van der Waals surface area contributed by atoms with Gasteiger partial charge >= 0.3 is 0 Å². The van der Waals surface area contributed by atoms with E-state index in [2.05, 4.69) is 38.0 Å². The van der Waals surface area contributed by atoms with Crippen molar-refractivity contribution in [3.63, 3.8) is 0 Å². The summed E-state index contributed by atoms with van der Waals surface area (Å²) < 4.78 is 1.94. The Morgan fingerprint density at radius 3 is 2.62 bits per heavy atom. The second kappa shape index (κ2) is 10.6. The van der Waals surface area contributed by atoms with E-state index in [0.717, 1.165) is 31.3 Å². The van der Waals surface area contributed by atoms with Gasteiger partial charge in [0.25, 0.3) is 0 Å². The smallest absolute Gasteiger partial charge is 0.227 e. The molecule has 164 valence electrons. The van der Waals surface area contributed by atoms with E-state index in [1.165, 1.54) is 12.8 Å². The van der Waals surface area contributed by atoms with Crippen LogP contribution in [0, 0.1) is 12.3 Å². The molecule has 0 aliphatic carbocycles. The van der Waals surface area contributed by atoms with E-state index >= 15 is 0 Å². The number of aryl methyl sites for hydroxylation is 1. The minimum atomic E-state index is -0.539. The summed E-state index contributed by atoms with van der Waals surface area (Å²) in [5.74, 6) is 2.40. The topological polar surface area (TPSA) is 99.5 Å². The Labute approximate surface area is 174 Å². The molecular formula is C20H38N8O. The molecule has 0 radical (unpaired) electrons. The first-order valence-electron chi connectivity index (χ1n) is 10.7. The van der Waals surface area contributed by atoms with Crippen LogP contribution in [0.25, 0.3) is 0 Å². The summed E-state index contributed by atoms with van der Waals surface area (Å²) in [5, 5.41) is 18.0. The number of aliphatic imine (C=N–C) groups is 1. The fraction of sp³-hybridized carbons (Fsp3) is 0.800.